The van der Waals surface area contributed by atoms with Gasteiger partial charge in [0.25, 0.3) is 0 Å². The van der Waals surface area contributed by atoms with Crippen molar-refractivity contribution in [2.24, 2.45) is 0 Å². The van der Waals surface area contributed by atoms with Gasteiger partial charge >= 0.3 is 24.3 Å². The van der Waals surface area contributed by atoms with E-state index in [0.717, 1.165) is 37.6 Å². The molecule has 0 amide bonds. The van der Waals surface area contributed by atoms with E-state index in [1.807, 2.05) is 6.92 Å². The van der Waals surface area contributed by atoms with Crippen LogP contribution in [0.2, 0.25) is 0 Å². The van der Waals surface area contributed by atoms with Crippen LogP contribution >= 0.6 is 0 Å². The first-order chi connectivity index (χ1) is 19.3. The van der Waals surface area contributed by atoms with Crippen molar-refractivity contribution in [2.75, 3.05) is 0 Å². The monoisotopic (exact) mass is 584 g/mol. The van der Waals surface area contributed by atoms with Gasteiger partial charge in [-0.05, 0) is 19.8 Å². The largest absolute Gasteiger partial charge is 0.449 e. The zero-order valence-corrected chi connectivity index (χ0v) is 22.0. The van der Waals surface area contributed by atoms with E-state index >= 15 is 0 Å². The minimum absolute atomic E-state index is 0.171. The molecule has 3 aromatic rings. The first-order valence-corrected chi connectivity index (χ1v) is 12.6. The van der Waals surface area contributed by atoms with Gasteiger partial charge in [0.15, 0.2) is 23.9 Å². The lowest BCUT2D eigenvalue weighted by Crippen LogP contribution is -2.34. The summed E-state index contributed by atoms with van der Waals surface area (Å²) >= 11 is 0. The molecule has 41 heavy (non-hydrogen) atoms. The molecule has 0 aliphatic rings. The normalized spacial score (nSPS) is 13.4. The number of aromatic nitrogens is 4. The van der Waals surface area contributed by atoms with Crippen LogP contribution in [0.1, 0.15) is 66.7 Å². The first-order valence-electron chi connectivity index (χ1n) is 12.6. The predicted molar refractivity (Wildman–Crippen MR) is 133 cm³/mol. The molecule has 0 aliphatic heterocycles. The van der Waals surface area contributed by atoms with E-state index in [1.165, 1.54) is 0 Å². The van der Waals surface area contributed by atoms with Crippen LogP contribution < -0.4 is 0 Å². The number of carbonyl (C=O) groups is 2. The maximum Gasteiger partial charge on any atom is 0.425 e. The molecule has 0 saturated carbocycles. The summed E-state index contributed by atoms with van der Waals surface area (Å²) in [5.74, 6) is -2.05. The van der Waals surface area contributed by atoms with Crippen LogP contribution in [0.5, 0.6) is 0 Å². The Morgan fingerprint density at radius 3 is 1.54 bits per heavy atom. The topological polar surface area (TPSA) is 104 Å². The number of unbranched alkanes of at least 4 members (excludes halogenated alkanes) is 3. The van der Waals surface area contributed by atoms with E-state index in [2.05, 4.69) is 24.7 Å². The van der Waals surface area contributed by atoms with Gasteiger partial charge in [-0.15, -0.1) is 0 Å². The number of esters is 2. The summed E-state index contributed by atoms with van der Waals surface area (Å²) in [6.07, 6.45) is -7.47. The Bertz CT molecular complexity index is 1300. The van der Waals surface area contributed by atoms with Crippen LogP contribution in [0.25, 0.3) is 22.8 Å². The van der Waals surface area contributed by atoms with E-state index in [4.69, 9.17) is 4.74 Å². The number of carbonyl (C=O) groups excluding carboxylic acids is 2. The first kappa shape index (κ1) is 31.4. The molecule has 0 unspecified atom stereocenters. The van der Waals surface area contributed by atoms with Gasteiger partial charge in [-0.2, -0.15) is 26.3 Å². The lowest BCUT2D eigenvalue weighted by atomic mass is 10.1. The smallest absolute Gasteiger partial charge is 0.425 e. The third kappa shape index (κ3) is 8.95. The fourth-order valence-corrected chi connectivity index (χ4v) is 3.47. The lowest BCUT2D eigenvalue weighted by Gasteiger charge is -2.20. The zero-order valence-electron chi connectivity index (χ0n) is 22.0. The molecule has 2 aromatic heterocycles. The second kappa shape index (κ2) is 13.5. The van der Waals surface area contributed by atoms with Gasteiger partial charge in [-0.1, -0.05) is 50.5 Å². The summed E-state index contributed by atoms with van der Waals surface area (Å²) in [4.78, 5) is 40.2. The van der Waals surface area contributed by atoms with E-state index in [1.54, 1.807) is 24.3 Å². The molecule has 8 nitrogen and oxygen atoms in total. The van der Waals surface area contributed by atoms with Gasteiger partial charge in [0.05, 0.1) is 11.1 Å². The molecular weight excluding hydrogens is 558 g/mol. The molecule has 2 atom stereocenters. The summed E-state index contributed by atoms with van der Waals surface area (Å²) < 4.78 is 86.8. The summed E-state index contributed by atoms with van der Waals surface area (Å²) in [6, 6.07) is 6.36. The number of benzene rings is 1. The summed E-state index contributed by atoms with van der Waals surface area (Å²) in [6.45, 7) is 2.64. The van der Waals surface area contributed by atoms with Gasteiger partial charge in [0.1, 0.15) is 0 Å². The summed E-state index contributed by atoms with van der Waals surface area (Å²) in [5.41, 5.74) is 0.505. The SMILES string of the molecule is CCCCCC[C@H](OC(=O)c1cnc(-c2ccc(-c3ncc(C(=O)O[C@@H](C)C(F)(F)F)cn3)cc2)nc1)C(F)(F)F. The summed E-state index contributed by atoms with van der Waals surface area (Å²) in [7, 11) is 0. The van der Waals surface area contributed by atoms with Crippen LogP contribution in [0.15, 0.2) is 49.1 Å². The number of nitrogens with zero attached hydrogens (tertiary/aromatic N) is 4. The molecule has 0 spiro atoms. The quantitative estimate of drug-likeness (QED) is 0.138. The van der Waals surface area contributed by atoms with Crippen LogP contribution in [0.4, 0.5) is 26.3 Å². The number of halogens is 6. The fraction of sp³-hybridized carbons (Fsp3) is 0.407. The minimum atomic E-state index is -4.70. The van der Waals surface area contributed by atoms with Crippen molar-refractivity contribution >= 4 is 11.9 Å². The van der Waals surface area contributed by atoms with Crippen molar-refractivity contribution in [3.63, 3.8) is 0 Å². The van der Waals surface area contributed by atoms with Gasteiger partial charge in [0.2, 0.25) is 0 Å². The average molecular weight is 585 g/mol. The molecule has 0 N–H and O–H groups in total. The third-order valence-corrected chi connectivity index (χ3v) is 5.86. The average Bonchev–Trinajstić information content (AvgIpc) is 2.93. The Morgan fingerprint density at radius 1 is 0.707 bits per heavy atom. The Morgan fingerprint density at radius 2 is 1.15 bits per heavy atom. The maximum atomic E-state index is 13.3. The van der Waals surface area contributed by atoms with Gasteiger partial charge in [-0.3, -0.25) is 0 Å². The second-order valence-electron chi connectivity index (χ2n) is 9.04. The van der Waals surface area contributed by atoms with Crippen molar-refractivity contribution < 1.29 is 45.4 Å². The van der Waals surface area contributed by atoms with Crippen molar-refractivity contribution in [1.29, 1.82) is 0 Å². The molecule has 3 rings (SSSR count). The highest BCUT2D eigenvalue weighted by atomic mass is 19.4. The molecule has 0 fully saturated rings. The van der Waals surface area contributed by atoms with Gasteiger partial charge < -0.3 is 9.47 Å². The van der Waals surface area contributed by atoms with Crippen LogP contribution in [-0.4, -0.2) is 56.4 Å². The van der Waals surface area contributed by atoms with E-state index < -0.39 is 36.5 Å². The van der Waals surface area contributed by atoms with E-state index in [0.29, 0.717) is 24.5 Å². The van der Waals surface area contributed by atoms with Crippen molar-refractivity contribution in [1.82, 2.24) is 19.9 Å². The Hall–Kier alpha value is -4.10. The Labute approximate surface area is 231 Å². The molecule has 0 bridgehead atoms. The zero-order chi connectivity index (χ0) is 30.2. The number of alkyl halides is 6. The van der Waals surface area contributed by atoms with Crippen LogP contribution in [-0.2, 0) is 9.47 Å². The Balaban J connectivity index is 1.63. The van der Waals surface area contributed by atoms with Gasteiger partial charge in [-0.25, -0.2) is 29.5 Å². The van der Waals surface area contributed by atoms with Crippen molar-refractivity contribution in [2.45, 2.75) is 70.5 Å². The summed E-state index contributed by atoms with van der Waals surface area (Å²) in [5, 5.41) is 0. The number of ether oxygens (including phenoxy) is 2. The molecule has 0 radical (unpaired) electrons. The molecule has 220 valence electrons. The standard InChI is InChI=1S/C27H26F6N4O4/c1-3-4-5-6-7-21(27(31,32)33)41-25(39)20-14-36-23(37-15-20)18-10-8-17(9-11-18)22-34-12-19(13-35-22)24(38)40-16(2)26(28,29)30/h8-16,21H,3-7H2,1-2H3/t16-,21-/m0/s1. The van der Waals surface area contributed by atoms with E-state index in [-0.39, 0.29) is 35.6 Å². The second-order valence-corrected chi connectivity index (χ2v) is 9.04. The highest BCUT2D eigenvalue weighted by Crippen LogP contribution is 2.28. The highest BCUT2D eigenvalue weighted by Gasteiger charge is 2.42. The fourth-order valence-electron chi connectivity index (χ4n) is 3.47. The Kier molecular flexibility index (Phi) is 10.4. The lowest BCUT2D eigenvalue weighted by molar-refractivity contribution is -0.206. The highest BCUT2D eigenvalue weighted by molar-refractivity contribution is 5.89. The maximum absolute atomic E-state index is 13.3. The molecule has 0 aliphatic carbocycles. The molecule has 1 aromatic carbocycles. The van der Waals surface area contributed by atoms with Crippen molar-refractivity contribution in [3.8, 4) is 22.8 Å². The van der Waals surface area contributed by atoms with Crippen LogP contribution in [0, 0.1) is 0 Å². The minimum Gasteiger partial charge on any atom is -0.449 e. The molecule has 2 heterocycles. The van der Waals surface area contributed by atoms with E-state index in [9.17, 15) is 35.9 Å². The van der Waals surface area contributed by atoms with Gasteiger partial charge in [0, 0.05) is 35.9 Å². The predicted octanol–water partition coefficient (Wildman–Crippen LogP) is 6.77. The number of rotatable bonds is 11. The van der Waals surface area contributed by atoms with Crippen molar-refractivity contribution in [3.05, 3.63) is 60.2 Å². The number of hydrogen-bond acceptors (Lipinski definition) is 8. The number of hydrogen-bond donors (Lipinski definition) is 0. The molecule has 14 heteroatoms. The molecule has 0 saturated heterocycles. The third-order valence-electron chi connectivity index (χ3n) is 5.86. The van der Waals surface area contributed by atoms with Crippen LogP contribution in [0.3, 0.4) is 0 Å². The molecular formula is C27H26F6N4O4.